The molecule has 1 heterocycles. The van der Waals surface area contributed by atoms with Gasteiger partial charge in [0.2, 0.25) is 0 Å². The van der Waals surface area contributed by atoms with Gasteiger partial charge in [0, 0.05) is 18.2 Å². The highest BCUT2D eigenvalue weighted by Crippen LogP contribution is 2.37. The van der Waals surface area contributed by atoms with E-state index in [4.69, 9.17) is 0 Å². The molecular formula is C10H14N2O. The Bertz CT molecular complexity index is 328. The van der Waals surface area contributed by atoms with Crippen molar-refractivity contribution in [1.82, 2.24) is 9.55 Å². The lowest BCUT2D eigenvalue weighted by Crippen LogP contribution is -2.20. The third-order valence-electron chi connectivity index (χ3n) is 3.07. The first-order valence-electron chi connectivity index (χ1n) is 5.07. The van der Waals surface area contributed by atoms with E-state index in [9.17, 15) is 5.11 Å². The van der Waals surface area contributed by atoms with Crippen LogP contribution in [0.15, 0.2) is 6.33 Å². The molecule has 2 aliphatic carbocycles. The third-order valence-corrected chi connectivity index (χ3v) is 3.07. The van der Waals surface area contributed by atoms with Crippen LogP contribution in [0, 0.1) is 0 Å². The van der Waals surface area contributed by atoms with Crippen molar-refractivity contribution in [2.75, 3.05) is 0 Å². The van der Waals surface area contributed by atoms with Crippen LogP contribution in [0.2, 0.25) is 0 Å². The van der Waals surface area contributed by atoms with Crippen LogP contribution in [0.5, 0.6) is 0 Å². The molecule has 0 spiro atoms. The maximum absolute atomic E-state index is 9.47. The van der Waals surface area contributed by atoms with Gasteiger partial charge in [-0.1, -0.05) is 0 Å². The normalized spacial score (nSPS) is 27.3. The summed E-state index contributed by atoms with van der Waals surface area (Å²) in [5, 5.41) is 9.47. The molecule has 0 aromatic carbocycles. The molecule has 3 heteroatoms. The molecule has 3 nitrogen and oxygen atoms in total. The van der Waals surface area contributed by atoms with Gasteiger partial charge in [-0.15, -0.1) is 0 Å². The van der Waals surface area contributed by atoms with Crippen molar-refractivity contribution >= 4 is 0 Å². The van der Waals surface area contributed by atoms with Crippen LogP contribution in [0.1, 0.15) is 36.7 Å². The lowest BCUT2D eigenvalue weighted by Gasteiger charge is -2.18. The molecule has 1 N–H and O–H groups in total. The summed E-state index contributed by atoms with van der Waals surface area (Å²) in [7, 11) is 0. The number of hydrogen-bond acceptors (Lipinski definition) is 2. The van der Waals surface area contributed by atoms with Crippen molar-refractivity contribution in [3.8, 4) is 0 Å². The molecule has 1 saturated carbocycles. The molecule has 2 aliphatic rings. The SMILES string of the molecule is OC1CCc2c(ncn2C2CC2)C1. The highest BCUT2D eigenvalue weighted by Gasteiger charge is 2.29. The Labute approximate surface area is 77.4 Å². The summed E-state index contributed by atoms with van der Waals surface area (Å²) < 4.78 is 2.32. The van der Waals surface area contributed by atoms with Gasteiger partial charge in [0.15, 0.2) is 0 Å². The number of hydrogen-bond donors (Lipinski definition) is 1. The molecule has 1 fully saturated rings. The second kappa shape index (κ2) is 2.58. The quantitative estimate of drug-likeness (QED) is 0.698. The van der Waals surface area contributed by atoms with Crippen LogP contribution in [-0.2, 0) is 12.8 Å². The van der Waals surface area contributed by atoms with Gasteiger partial charge in [-0.3, -0.25) is 0 Å². The first-order chi connectivity index (χ1) is 6.34. The zero-order valence-electron chi connectivity index (χ0n) is 7.61. The van der Waals surface area contributed by atoms with Crippen LogP contribution < -0.4 is 0 Å². The first-order valence-corrected chi connectivity index (χ1v) is 5.07. The van der Waals surface area contributed by atoms with Crippen molar-refractivity contribution in [3.05, 3.63) is 17.7 Å². The van der Waals surface area contributed by atoms with Crippen molar-refractivity contribution in [2.45, 2.75) is 44.2 Å². The fourth-order valence-corrected chi connectivity index (χ4v) is 2.16. The van der Waals surface area contributed by atoms with Gasteiger partial charge in [0.1, 0.15) is 0 Å². The number of fused-ring (bicyclic) bond motifs is 1. The zero-order chi connectivity index (χ0) is 8.84. The number of imidazole rings is 1. The monoisotopic (exact) mass is 178 g/mol. The topological polar surface area (TPSA) is 38.1 Å². The Hall–Kier alpha value is -0.830. The van der Waals surface area contributed by atoms with Gasteiger partial charge < -0.3 is 9.67 Å². The Kier molecular flexibility index (Phi) is 1.50. The van der Waals surface area contributed by atoms with E-state index in [1.54, 1.807) is 0 Å². The third kappa shape index (κ3) is 1.18. The van der Waals surface area contributed by atoms with Crippen LogP contribution in [0.3, 0.4) is 0 Å². The van der Waals surface area contributed by atoms with E-state index in [1.807, 2.05) is 6.33 Å². The second-order valence-corrected chi connectivity index (χ2v) is 4.17. The highest BCUT2D eigenvalue weighted by molar-refractivity contribution is 5.19. The Morgan fingerprint density at radius 1 is 1.38 bits per heavy atom. The molecule has 3 rings (SSSR count). The number of rotatable bonds is 1. The zero-order valence-corrected chi connectivity index (χ0v) is 7.61. The lowest BCUT2D eigenvalue weighted by atomic mass is 9.98. The van der Waals surface area contributed by atoms with Gasteiger partial charge in [-0.2, -0.15) is 0 Å². The van der Waals surface area contributed by atoms with E-state index >= 15 is 0 Å². The van der Waals surface area contributed by atoms with Gasteiger partial charge in [0.25, 0.3) is 0 Å². The predicted octanol–water partition coefficient (Wildman–Crippen LogP) is 1.07. The molecule has 1 aromatic rings. The number of aromatic nitrogens is 2. The molecule has 13 heavy (non-hydrogen) atoms. The van der Waals surface area contributed by atoms with Crippen molar-refractivity contribution in [3.63, 3.8) is 0 Å². The van der Waals surface area contributed by atoms with Crippen LogP contribution in [-0.4, -0.2) is 20.8 Å². The summed E-state index contributed by atoms with van der Waals surface area (Å²) >= 11 is 0. The molecule has 0 aliphatic heterocycles. The molecule has 0 radical (unpaired) electrons. The van der Waals surface area contributed by atoms with Crippen molar-refractivity contribution in [2.24, 2.45) is 0 Å². The number of nitrogens with zero attached hydrogens (tertiary/aromatic N) is 2. The van der Waals surface area contributed by atoms with Crippen molar-refractivity contribution < 1.29 is 5.11 Å². The summed E-state index contributed by atoms with van der Waals surface area (Å²) in [6, 6.07) is 0.728. The Balaban J connectivity index is 1.97. The molecule has 1 atom stereocenters. The Morgan fingerprint density at radius 3 is 3.00 bits per heavy atom. The molecule has 1 aromatic heterocycles. The minimum atomic E-state index is -0.157. The Morgan fingerprint density at radius 2 is 2.23 bits per heavy atom. The smallest absolute Gasteiger partial charge is 0.0954 e. The molecule has 0 amide bonds. The van der Waals surface area contributed by atoms with Gasteiger partial charge in [-0.05, 0) is 25.7 Å². The largest absolute Gasteiger partial charge is 0.393 e. The summed E-state index contributed by atoms with van der Waals surface area (Å²) in [5.41, 5.74) is 2.51. The van der Waals surface area contributed by atoms with Crippen molar-refractivity contribution in [1.29, 1.82) is 0 Å². The van der Waals surface area contributed by atoms with E-state index in [0.29, 0.717) is 0 Å². The number of aliphatic hydroxyl groups is 1. The van der Waals surface area contributed by atoms with E-state index in [2.05, 4.69) is 9.55 Å². The molecule has 1 unspecified atom stereocenters. The van der Waals surface area contributed by atoms with Gasteiger partial charge >= 0.3 is 0 Å². The fourth-order valence-electron chi connectivity index (χ4n) is 2.16. The summed E-state index contributed by atoms with van der Waals surface area (Å²) in [4.78, 5) is 4.37. The molecular weight excluding hydrogens is 164 g/mol. The minimum absolute atomic E-state index is 0.157. The molecule has 70 valence electrons. The minimum Gasteiger partial charge on any atom is -0.393 e. The maximum Gasteiger partial charge on any atom is 0.0954 e. The average molecular weight is 178 g/mol. The summed E-state index contributed by atoms with van der Waals surface area (Å²) in [6.45, 7) is 0. The summed E-state index contributed by atoms with van der Waals surface area (Å²) in [5.74, 6) is 0. The van der Waals surface area contributed by atoms with E-state index in [1.165, 1.54) is 18.5 Å². The second-order valence-electron chi connectivity index (χ2n) is 4.17. The van der Waals surface area contributed by atoms with Crippen LogP contribution in [0.25, 0.3) is 0 Å². The number of aliphatic hydroxyl groups excluding tert-OH is 1. The lowest BCUT2D eigenvalue weighted by molar-refractivity contribution is 0.156. The van der Waals surface area contributed by atoms with E-state index < -0.39 is 0 Å². The molecule has 0 bridgehead atoms. The van der Waals surface area contributed by atoms with Crippen LogP contribution in [0.4, 0.5) is 0 Å². The fraction of sp³-hybridized carbons (Fsp3) is 0.700. The van der Waals surface area contributed by atoms with Gasteiger partial charge in [0.05, 0.1) is 18.1 Å². The van der Waals surface area contributed by atoms with Crippen LogP contribution >= 0.6 is 0 Å². The molecule has 0 saturated heterocycles. The maximum atomic E-state index is 9.47. The first kappa shape index (κ1) is 7.56. The highest BCUT2D eigenvalue weighted by atomic mass is 16.3. The van der Waals surface area contributed by atoms with Gasteiger partial charge in [-0.25, -0.2) is 4.98 Å². The summed E-state index contributed by atoms with van der Waals surface area (Å²) in [6.07, 6.45) is 7.10. The predicted molar refractivity (Wildman–Crippen MR) is 48.5 cm³/mol. The average Bonchev–Trinajstić information content (AvgIpc) is 2.87. The van der Waals surface area contributed by atoms with E-state index in [-0.39, 0.29) is 6.10 Å². The van der Waals surface area contributed by atoms with E-state index in [0.717, 1.165) is 31.0 Å². The standard InChI is InChI=1S/C10H14N2O/c13-8-3-4-10-9(5-8)11-6-12(10)7-1-2-7/h6-8,13H,1-5H2.